The summed E-state index contributed by atoms with van der Waals surface area (Å²) in [5.74, 6) is -0.480. The van der Waals surface area contributed by atoms with Crippen LogP contribution in [0.5, 0.6) is 0 Å². The number of pyridine rings is 1. The van der Waals surface area contributed by atoms with E-state index in [9.17, 15) is 14.0 Å². The molecule has 3 heterocycles. The first kappa shape index (κ1) is 20.5. The van der Waals surface area contributed by atoms with Gasteiger partial charge in [0, 0.05) is 37.3 Å². The molecule has 8 heteroatoms. The van der Waals surface area contributed by atoms with Crippen LogP contribution in [0, 0.1) is 5.82 Å². The molecule has 2 aromatic carbocycles. The van der Waals surface area contributed by atoms with Crippen LogP contribution in [-0.2, 0) is 18.6 Å². The highest BCUT2D eigenvalue weighted by Crippen LogP contribution is 2.44. The van der Waals surface area contributed by atoms with E-state index in [4.69, 9.17) is 11.6 Å². The molecule has 2 aliphatic rings. The molecular weight excluding hydrogens is 431 g/mol. The van der Waals surface area contributed by atoms with Crippen molar-refractivity contribution in [3.63, 3.8) is 0 Å². The van der Waals surface area contributed by atoms with E-state index >= 15 is 0 Å². The van der Waals surface area contributed by atoms with Crippen LogP contribution < -0.4 is 5.32 Å². The number of benzene rings is 2. The van der Waals surface area contributed by atoms with Crippen molar-refractivity contribution < 1.29 is 14.0 Å². The Labute approximate surface area is 189 Å². The summed E-state index contributed by atoms with van der Waals surface area (Å²) in [6, 6.07) is 16.4. The number of nitrogens with zero attached hydrogens (tertiary/aromatic N) is 3. The molecule has 1 atom stereocenters. The third-order valence-electron chi connectivity index (χ3n) is 6.13. The van der Waals surface area contributed by atoms with Gasteiger partial charge < -0.3 is 10.2 Å². The minimum atomic E-state index is -1.00. The lowest BCUT2D eigenvalue weighted by atomic mass is 9.86. The number of hydrogen-bond acceptors (Lipinski definition) is 3. The SMILES string of the molecule is O=C(NCc1ccc(F)cc1)N1CCN2C(=O)c3cccnc3CC12c1ccc(Cl)cc1. The summed E-state index contributed by atoms with van der Waals surface area (Å²) in [5, 5.41) is 3.49. The first-order valence-corrected chi connectivity index (χ1v) is 10.7. The topological polar surface area (TPSA) is 65.5 Å². The molecule has 0 aliphatic carbocycles. The molecule has 3 aromatic rings. The lowest BCUT2D eigenvalue weighted by Crippen LogP contribution is -2.60. The summed E-state index contributed by atoms with van der Waals surface area (Å²) in [6.45, 7) is 1.02. The number of carbonyl (C=O) groups is 2. The van der Waals surface area contributed by atoms with Crippen molar-refractivity contribution in [3.8, 4) is 0 Å². The van der Waals surface area contributed by atoms with Crippen LogP contribution in [0.15, 0.2) is 66.9 Å². The van der Waals surface area contributed by atoms with Gasteiger partial charge in [0.15, 0.2) is 5.66 Å². The minimum absolute atomic E-state index is 0.150. The number of fused-ring (bicyclic) bond motifs is 2. The van der Waals surface area contributed by atoms with Crippen LogP contribution in [-0.4, -0.2) is 39.8 Å². The summed E-state index contributed by atoms with van der Waals surface area (Å²) in [4.78, 5) is 34.6. The molecule has 32 heavy (non-hydrogen) atoms. The smallest absolute Gasteiger partial charge is 0.319 e. The summed E-state index contributed by atoms with van der Waals surface area (Å²) < 4.78 is 13.2. The Balaban J connectivity index is 1.52. The Morgan fingerprint density at radius 2 is 1.84 bits per heavy atom. The fraction of sp³-hybridized carbons (Fsp3) is 0.208. The highest BCUT2D eigenvalue weighted by Gasteiger charge is 2.56. The average molecular weight is 451 g/mol. The number of urea groups is 1. The summed E-state index contributed by atoms with van der Waals surface area (Å²) in [7, 11) is 0. The highest BCUT2D eigenvalue weighted by atomic mass is 35.5. The van der Waals surface area contributed by atoms with Crippen LogP contribution in [0.4, 0.5) is 9.18 Å². The van der Waals surface area contributed by atoms with E-state index in [0.717, 1.165) is 11.1 Å². The van der Waals surface area contributed by atoms with Crippen molar-refractivity contribution in [2.45, 2.75) is 18.6 Å². The van der Waals surface area contributed by atoms with Crippen molar-refractivity contribution in [2.75, 3.05) is 13.1 Å². The number of nitrogens with one attached hydrogen (secondary N) is 1. The number of rotatable bonds is 3. The Hall–Kier alpha value is -3.45. The van der Waals surface area contributed by atoms with E-state index < -0.39 is 5.66 Å². The lowest BCUT2D eigenvalue weighted by Gasteiger charge is -2.46. The molecular formula is C24H20ClFN4O2. The number of aromatic nitrogens is 1. The molecule has 2 aliphatic heterocycles. The zero-order valence-corrected chi connectivity index (χ0v) is 17.8. The fourth-order valence-corrected chi connectivity index (χ4v) is 4.73. The minimum Gasteiger partial charge on any atom is -0.334 e. The van der Waals surface area contributed by atoms with Gasteiger partial charge in [-0.1, -0.05) is 35.9 Å². The Morgan fingerprint density at radius 1 is 1.09 bits per heavy atom. The standard InChI is InChI=1S/C24H20ClFN4O2/c25-18-7-5-17(6-8-18)24-14-21-20(2-1-11-27-21)22(31)29(24)12-13-30(24)23(32)28-15-16-3-9-19(26)10-4-16/h1-11H,12-15H2,(H,28,32). The zero-order valence-electron chi connectivity index (χ0n) is 17.1. The second-order valence-corrected chi connectivity index (χ2v) is 8.33. The Kier molecular flexibility index (Phi) is 5.06. The van der Waals surface area contributed by atoms with Crippen molar-refractivity contribution >= 4 is 23.5 Å². The van der Waals surface area contributed by atoms with Crippen LogP contribution in [0.3, 0.4) is 0 Å². The average Bonchev–Trinajstić information content (AvgIpc) is 3.20. The number of hydrogen-bond donors (Lipinski definition) is 1. The van der Waals surface area contributed by atoms with Gasteiger partial charge in [0.1, 0.15) is 5.82 Å². The molecule has 1 saturated heterocycles. The number of halogens is 2. The predicted octanol–water partition coefficient (Wildman–Crippen LogP) is 3.95. The zero-order chi connectivity index (χ0) is 22.3. The van der Waals surface area contributed by atoms with Gasteiger partial charge >= 0.3 is 6.03 Å². The van der Waals surface area contributed by atoms with Crippen molar-refractivity contribution in [1.29, 1.82) is 0 Å². The molecule has 0 spiro atoms. The molecule has 1 unspecified atom stereocenters. The van der Waals surface area contributed by atoms with Crippen molar-refractivity contribution in [3.05, 3.63) is 100 Å². The molecule has 5 rings (SSSR count). The molecule has 0 saturated carbocycles. The second kappa shape index (κ2) is 7.91. The normalized spacial score (nSPS) is 19.5. The van der Waals surface area contributed by atoms with Gasteiger partial charge in [-0.3, -0.25) is 14.7 Å². The monoisotopic (exact) mass is 450 g/mol. The van der Waals surface area contributed by atoms with E-state index in [1.54, 1.807) is 52.4 Å². The Morgan fingerprint density at radius 3 is 2.59 bits per heavy atom. The molecule has 1 aromatic heterocycles. The van der Waals surface area contributed by atoms with E-state index in [0.29, 0.717) is 35.8 Å². The number of carbonyl (C=O) groups excluding carboxylic acids is 2. The molecule has 6 nitrogen and oxygen atoms in total. The van der Waals surface area contributed by atoms with Gasteiger partial charge in [-0.2, -0.15) is 0 Å². The predicted molar refractivity (Wildman–Crippen MR) is 117 cm³/mol. The van der Waals surface area contributed by atoms with Gasteiger partial charge in [-0.25, -0.2) is 9.18 Å². The summed E-state index contributed by atoms with van der Waals surface area (Å²) in [6.07, 6.45) is 2.03. The third kappa shape index (κ3) is 3.29. The van der Waals surface area contributed by atoms with Crippen LogP contribution >= 0.6 is 11.6 Å². The summed E-state index contributed by atoms with van der Waals surface area (Å²) in [5.41, 5.74) is 1.78. The first-order valence-electron chi connectivity index (χ1n) is 10.3. The number of amides is 3. The fourth-order valence-electron chi connectivity index (χ4n) is 4.60. The van der Waals surface area contributed by atoms with Crippen molar-refractivity contribution in [1.82, 2.24) is 20.1 Å². The van der Waals surface area contributed by atoms with Crippen molar-refractivity contribution in [2.24, 2.45) is 0 Å². The van der Waals surface area contributed by atoms with Gasteiger partial charge in [0.25, 0.3) is 5.91 Å². The van der Waals surface area contributed by atoms with Crippen LogP contribution in [0.1, 0.15) is 27.2 Å². The maximum Gasteiger partial charge on any atom is 0.319 e. The maximum absolute atomic E-state index is 13.4. The highest BCUT2D eigenvalue weighted by molar-refractivity contribution is 6.30. The van der Waals surface area contributed by atoms with Crippen LogP contribution in [0.25, 0.3) is 0 Å². The largest absolute Gasteiger partial charge is 0.334 e. The van der Waals surface area contributed by atoms with E-state index in [1.165, 1.54) is 12.1 Å². The summed E-state index contributed by atoms with van der Waals surface area (Å²) >= 11 is 6.12. The van der Waals surface area contributed by atoms with Gasteiger partial charge in [0.05, 0.1) is 11.3 Å². The first-order chi connectivity index (χ1) is 15.5. The quantitative estimate of drug-likeness (QED) is 0.657. The molecule has 0 radical (unpaired) electrons. The Bertz CT molecular complexity index is 1190. The van der Waals surface area contributed by atoms with E-state index in [2.05, 4.69) is 10.3 Å². The second-order valence-electron chi connectivity index (χ2n) is 7.89. The van der Waals surface area contributed by atoms with Crippen LogP contribution in [0.2, 0.25) is 5.02 Å². The molecule has 162 valence electrons. The lowest BCUT2D eigenvalue weighted by molar-refractivity contribution is 0.0194. The third-order valence-corrected chi connectivity index (χ3v) is 6.38. The van der Waals surface area contributed by atoms with Gasteiger partial charge in [-0.05, 0) is 47.5 Å². The molecule has 1 fully saturated rings. The molecule has 0 bridgehead atoms. The van der Waals surface area contributed by atoms with Gasteiger partial charge in [0.2, 0.25) is 0 Å². The maximum atomic E-state index is 13.4. The van der Waals surface area contributed by atoms with E-state index in [-0.39, 0.29) is 24.3 Å². The molecule has 1 N–H and O–H groups in total. The van der Waals surface area contributed by atoms with Gasteiger partial charge in [-0.15, -0.1) is 0 Å². The van der Waals surface area contributed by atoms with E-state index in [1.807, 2.05) is 12.1 Å². The molecule has 3 amide bonds.